The second-order valence-corrected chi connectivity index (χ2v) is 4.45. The van der Waals surface area contributed by atoms with Crippen LogP contribution in [0.4, 0.5) is 0 Å². The van der Waals surface area contributed by atoms with Crippen LogP contribution in [0.25, 0.3) is 0 Å². The van der Waals surface area contributed by atoms with E-state index in [0.717, 1.165) is 5.56 Å². The highest BCUT2D eigenvalue weighted by atomic mass is 35.5. The minimum Gasteiger partial charge on any atom is -0.332 e. The number of hydrogen-bond donors (Lipinski definition) is 3. The molecule has 0 aliphatic rings. The predicted molar refractivity (Wildman–Crippen MR) is 68.6 cm³/mol. The summed E-state index contributed by atoms with van der Waals surface area (Å²) >= 11 is 5.80. The third-order valence-corrected chi connectivity index (χ3v) is 2.68. The van der Waals surface area contributed by atoms with E-state index in [1.54, 1.807) is 0 Å². The van der Waals surface area contributed by atoms with Gasteiger partial charge in [-0.15, -0.1) is 0 Å². The monoisotopic (exact) mass is 270 g/mol. The average molecular weight is 271 g/mol. The highest BCUT2D eigenvalue weighted by Gasteiger charge is 2.11. The third-order valence-electron chi connectivity index (χ3n) is 2.43. The molecule has 2 amide bonds. The van der Waals surface area contributed by atoms with E-state index in [4.69, 9.17) is 11.6 Å². The summed E-state index contributed by atoms with van der Waals surface area (Å²) in [4.78, 5) is 22.0. The van der Waals surface area contributed by atoms with Crippen LogP contribution in [0.5, 0.6) is 0 Å². The molecule has 0 bridgehead atoms. The lowest BCUT2D eigenvalue weighted by atomic mass is 10.1. The molecule has 0 aliphatic carbocycles. The van der Waals surface area contributed by atoms with E-state index in [-0.39, 0.29) is 24.4 Å². The molecule has 0 aliphatic heterocycles. The molecule has 0 saturated carbocycles. The van der Waals surface area contributed by atoms with Crippen molar-refractivity contribution in [2.24, 2.45) is 0 Å². The average Bonchev–Trinajstić information content (AvgIpc) is 2.34. The van der Waals surface area contributed by atoms with Crippen molar-refractivity contribution >= 4 is 23.4 Å². The van der Waals surface area contributed by atoms with Gasteiger partial charge < -0.3 is 5.32 Å². The zero-order chi connectivity index (χ0) is 13.5. The summed E-state index contributed by atoms with van der Waals surface area (Å²) in [5.41, 5.74) is 5.64. The predicted octanol–water partition coefficient (Wildman–Crippen LogP) is 0.132. The Morgan fingerprint density at radius 1 is 1.28 bits per heavy atom. The van der Waals surface area contributed by atoms with Gasteiger partial charge in [0.25, 0.3) is 5.91 Å². The summed E-state index contributed by atoms with van der Waals surface area (Å²) in [7, 11) is 0. The van der Waals surface area contributed by atoms with E-state index in [2.05, 4.69) is 10.9 Å². The highest BCUT2D eigenvalue weighted by molar-refractivity contribution is 6.30. The van der Waals surface area contributed by atoms with Crippen LogP contribution in [0.3, 0.4) is 0 Å². The molecule has 5 nitrogen and oxygen atoms in total. The molecule has 0 aromatic heterocycles. The Kier molecular flexibility index (Phi) is 5.61. The van der Waals surface area contributed by atoms with Gasteiger partial charge in [-0.3, -0.25) is 20.4 Å². The van der Waals surface area contributed by atoms with Crippen molar-refractivity contribution in [2.75, 3.05) is 6.54 Å². The third kappa shape index (κ3) is 5.16. The summed E-state index contributed by atoms with van der Waals surface area (Å²) in [5.74, 6) is -0.542. The second kappa shape index (κ2) is 6.98. The molecule has 1 aromatic rings. The number of hydrogen-bond acceptors (Lipinski definition) is 2. The maximum atomic E-state index is 11.4. The number of benzene rings is 1. The van der Waals surface area contributed by atoms with Crippen LogP contribution in [-0.4, -0.2) is 18.4 Å². The van der Waals surface area contributed by atoms with Crippen molar-refractivity contribution in [1.82, 2.24) is 10.9 Å². The summed E-state index contributed by atoms with van der Waals surface area (Å²) < 4.78 is 0. The number of nitrogens with one attached hydrogen (secondary N) is 2. The van der Waals surface area contributed by atoms with Gasteiger partial charge in [0.2, 0.25) is 5.91 Å². The lowest BCUT2D eigenvalue weighted by molar-refractivity contribution is -0.682. The van der Waals surface area contributed by atoms with E-state index in [9.17, 15) is 9.59 Å². The van der Waals surface area contributed by atoms with Crippen molar-refractivity contribution < 1.29 is 14.9 Å². The maximum Gasteiger partial charge on any atom is 0.293 e. The first-order valence-corrected chi connectivity index (χ1v) is 6.01. The van der Waals surface area contributed by atoms with E-state index in [1.165, 1.54) is 6.92 Å². The number of halogens is 1. The number of carbonyl (C=O) groups is 2. The van der Waals surface area contributed by atoms with Gasteiger partial charge in [0.05, 0.1) is 0 Å². The van der Waals surface area contributed by atoms with Gasteiger partial charge >= 0.3 is 0 Å². The quantitative estimate of drug-likeness (QED) is 0.681. The fourth-order valence-corrected chi connectivity index (χ4v) is 1.52. The molecular formula is C12H17ClN3O2+. The Morgan fingerprint density at radius 3 is 2.44 bits per heavy atom. The Labute approximate surface area is 111 Å². The van der Waals surface area contributed by atoms with Crippen LogP contribution in [0, 0.1) is 0 Å². The molecule has 0 spiro atoms. The summed E-state index contributed by atoms with van der Waals surface area (Å²) in [6.45, 7) is 3.57. The van der Waals surface area contributed by atoms with Crippen LogP contribution < -0.4 is 16.2 Å². The fourth-order valence-electron chi connectivity index (χ4n) is 1.39. The molecule has 1 atom stereocenters. The first kappa shape index (κ1) is 14.5. The van der Waals surface area contributed by atoms with Crippen molar-refractivity contribution in [3.8, 4) is 0 Å². The number of nitrogens with two attached hydrogens (primary N) is 1. The minimum atomic E-state index is -0.297. The molecule has 0 fully saturated rings. The lowest BCUT2D eigenvalue weighted by Crippen LogP contribution is -2.87. The largest absolute Gasteiger partial charge is 0.332 e. The van der Waals surface area contributed by atoms with E-state index >= 15 is 0 Å². The topological polar surface area (TPSA) is 74.8 Å². The number of amides is 2. The Hall–Kier alpha value is -1.59. The van der Waals surface area contributed by atoms with Crippen molar-refractivity contribution in [2.45, 2.75) is 19.9 Å². The molecule has 98 valence electrons. The van der Waals surface area contributed by atoms with Gasteiger partial charge in [0, 0.05) is 17.5 Å². The van der Waals surface area contributed by atoms with Crippen LogP contribution in [-0.2, 0) is 9.59 Å². The van der Waals surface area contributed by atoms with Crippen LogP contribution in [0.15, 0.2) is 24.3 Å². The van der Waals surface area contributed by atoms with Gasteiger partial charge in [-0.05, 0) is 19.1 Å². The summed E-state index contributed by atoms with van der Waals surface area (Å²) in [6.07, 6.45) is 0. The van der Waals surface area contributed by atoms with Gasteiger partial charge in [-0.2, -0.15) is 0 Å². The first-order valence-electron chi connectivity index (χ1n) is 5.63. The Balaban J connectivity index is 2.36. The number of carbonyl (C=O) groups excluding carboxylic acids is 2. The number of hydrazine groups is 1. The molecule has 0 saturated heterocycles. The molecule has 6 heteroatoms. The van der Waals surface area contributed by atoms with Gasteiger partial charge in [0.15, 0.2) is 6.54 Å². The first-order chi connectivity index (χ1) is 8.49. The molecule has 0 unspecified atom stereocenters. The fraction of sp³-hybridized carbons (Fsp3) is 0.333. The molecule has 4 N–H and O–H groups in total. The van der Waals surface area contributed by atoms with Gasteiger partial charge in [0.1, 0.15) is 6.04 Å². The molecular weight excluding hydrogens is 254 g/mol. The minimum absolute atomic E-state index is 0.144. The van der Waals surface area contributed by atoms with Crippen LogP contribution in [0.1, 0.15) is 25.5 Å². The summed E-state index contributed by atoms with van der Waals surface area (Å²) in [6, 6.07) is 7.63. The normalized spacial score (nSPS) is 11.7. The molecule has 0 heterocycles. The lowest BCUT2D eigenvalue weighted by Gasteiger charge is -2.11. The van der Waals surface area contributed by atoms with Crippen LogP contribution in [0.2, 0.25) is 5.02 Å². The Bertz CT molecular complexity index is 420. The number of quaternary nitrogens is 1. The van der Waals surface area contributed by atoms with Gasteiger partial charge in [-0.1, -0.05) is 23.7 Å². The molecule has 1 aromatic carbocycles. The molecule has 1 rings (SSSR count). The maximum absolute atomic E-state index is 11.4. The van der Waals surface area contributed by atoms with Crippen molar-refractivity contribution in [3.05, 3.63) is 34.9 Å². The number of rotatable bonds is 4. The Morgan fingerprint density at radius 2 is 1.89 bits per heavy atom. The van der Waals surface area contributed by atoms with Crippen LogP contribution >= 0.6 is 11.6 Å². The molecule has 0 radical (unpaired) electrons. The van der Waals surface area contributed by atoms with Crippen molar-refractivity contribution in [3.63, 3.8) is 0 Å². The van der Waals surface area contributed by atoms with E-state index in [1.807, 2.05) is 36.5 Å². The van der Waals surface area contributed by atoms with E-state index in [0.29, 0.717) is 5.02 Å². The zero-order valence-electron chi connectivity index (χ0n) is 10.4. The van der Waals surface area contributed by atoms with Gasteiger partial charge in [-0.25, -0.2) is 0 Å². The van der Waals surface area contributed by atoms with E-state index < -0.39 is 0 Å². The summed E-state index contributed by atoms with van der Waals surface area (Å²) in [5, 5.41) is 2.56. The van der Waals surface area contributed by atoms with Crippen molar-refractivity contribution in [1.29, 1.82) is 0 Å². The SMILES string of the molecule is CC(=O)NNC(=O)C[NH2+][C@@H](C)c1ccc(Cl)cc1. The molecule has 18 heavy (non-hydrogen) atoms. The second-order valence-electron chi connectivity index (χ2n) is 4.01. The standard InChI is InChI=1S/C12H16ClN3O2/c1-8(10-3-5-11(13)6-4-10)14-7-12(18)16-15-9(2)17/h3-6,8,14H,7H2,1-2H3,(H,15,17)(H,16,18)/p+1/t8-/m0/s1. The highest BCUT2D eigenvalue weighted by Crippen LogP contribution is 2.13. The smallest absolute Gasteiger partial charge is 0.293 e. The zero-order valence-corrected chi connectivity index (χ0v) is 11.1.